The summed E-state index contributed by atoms with van der Waals surface area (Å²) < 4.78 is 7.17. The predicted octanol–water partition coefficient (Wildman–Crippen LogP) is 6.21. The largest absolute Gasteiger partial charge is 0.489 e. The first kappa shape index (κ1) is 13.8. The van der Waals surface area contributed by atoms with Gasteiger partial charge >= 0.3 is 0 Å². The van der Waals surface area contributed by atoms with Crippen molar-refractivity contribution in [2.75, 3.05) is 6.61 Å². The van der Waals surface area contributed by atoms with Crippen molar-refractivity contribution in [3.05, 3.63) is 78.4 Å². The van der Waals surface area contributed by atoms with Crippen molar-refractivity contribution in [1.82, 2.24) is 0 Å². The average Bonchev–Trinajstić information content (AvgIpc) is 2.91. The number of thiophene rings is 1. The normalized spacial score (nSPS) is 13.7. The van der Waals surface area contributed by atoms with Crippen LogP contribution in [0.5, 0.6) is 5.75 Å². The molecule has 0 saturated carbocycles. The molecule has 0 radical (unpaired) electrons. The van der Waals surface area contributed by atoms with Crippen molar-refractivity contribution in [3.63, 3.8) is 0 Å². The van der Waals surface area contributed by atoms with Crippen LogP contribution in [-0.4, -0.2) is 6.61 Å². The lowest BCUT2D eigenvalue weighted by molar-refractivity contribution is 0.363. The smallest absolute Gasteiger partial charge is 0.123 e. The van der Waals surface area contributed by atoms with Gasteiger partial charge in [0.15, 0.2) is 0 Å². The maximum Gasteiger partial charge on any atom is 0.123 e. The molecule has 2 heterocycles. The molecule has 0 fully saturated rings. The van der Waals surface area contributed by atoms with E-state index in [9.17, 15) is 0 Å². The number of ether oxygens (including phenoxy) is 1. The fourth-order valence-corrected chi connectivity index (χ4v) is 4.46. The van der Waals surface area contributed by atoms with E-state index in [4.69, 9.17) is 4.74 Å². The van der Waals surface area contributed by atoms with Crippen molar-refractivity contribution < 1.29 is 4.74 Å². The summed E-state index contributed by atoms with van der Waals surface area (Å²) in [6, 6.07) is 21.9. The number of hydrogen-bond acceptors (Lipinski definition) is 2. The summed E-state index contributed by atoms with van der Waals surface area (Å²) in [5, 5.41) is 3.89. The number of allylic oxidation sites excluding steroid dienone is 1. The van der Waals surface area contributed by atoms with E-state index < -0.39 is 0 Å². The lowest BCUT2D eigenvalue weighted by Crippen LogP contribution is -1.94. The lowest BCUT2D eigenvalue weighted by atomic mass is 9.98. The molecule has 5 rings (SSSR count). The Kier molecular flexibility index (Phi) is 3.17. The minimum absolute atomic E-state index is 0.665. The van der Waals surface area contributed by atoms with Gasteiger partial charge in [0.2, 0.25) is 0 Å². The molecule has 1 aliphatic heterocycles. The standard InChI is InChI=1S/C22H16OS/c1-2-7-21-16(5-1)14-22(24-21)17-8-10-18-15(13-17)9-11-20-19(18)6-3-4-12-23-20/h1-5,7-11,13-14H,6,12H2. The molecule has 116 valence electrons. The van der Waals surface area contributed by atoms with Crippen molar-refractivity contribution in [2.24, 2.45) is 0 Å². The number of hydrogen-bond donors (Lipinski definition) is 0. The first-order valence-electron chi connectivity index (χ1n) is 8.21. The van der Waals surface area contributed by atoms with E-state index in [-0.39, 0.29) is 0 Å². The fourth-order valence-electron chi connectivity index (χ4n) is 3.40. The Balaban J connectivity index is 1.67. The first-order chi connectivity index (χ1) is 11.9. The van der Waals surface area contributed by atoms with Crippen LogP contribution in [0, 0.1) is 0 Å². The highest BCUT2D eigenvalue weighted by Gasteiger charge is 2.11. The van der Waals surface area contributed by atoms with Gasteiger partial charge in [0, 0.05) is 15.1 Å². The van der Waals surface area contributed by atoms with Crippen LogP contribution in [0.2, 0.25) is 0 Å². The molecule has 1 aliphatic rings. The van der Waals surface area contributed by atoms with Gasteiger partial charge in [-0.1, -0.05) is 48.6 Å². The Labute approximate surface area is 144 Å². The van der Waals surface area contributed by atoms with Gasteiger partial charge < -0.3 is 4.74 Å². The third-order valence-corrected chi connectivity index (χ3v) is 5.79. The zero-order valence-corrected chi connectivity index (χ0v) is 14.0. The van der Waals surface area contributed by atoms with Crippen LogP contribution in [0.3, 0.4) is 0 Å². The van der Waals surface area contributed by atoms with Crippen molar-refractivity contribution in [3.8, 4) is 16.2 Å². The molecule has 0 saturated heterocycles. The summed E-state index contributed by atoms with van der Waals surface area (Å²) in [6.07, 6.45) is 5.23. The van der Waals surface area contributed by atoms with Crippen molar-refractivity contribution in [2.45, 2.75) is 6.42 Å². The maximum absolute atomic E-state index is 5.83. The second kappa shape index (κ2) is 5.50. The van der Waals surface area contributed by atoms with E-state index in [0.717, 1.165) is 12.2 Å². The van der Waals surface area contributed by atoms with Crippen LogP contribution in [0.1, 0.15) is 5.56 Å². The fraction of sp³-hybridized carbons (Fsp3) is 0.0909. The van der Waals surface area contributed by atoms with Gasteiger partial charge in [0.05, 0.1) is 0 Å². The van der Waals surface area contributed by atoms with Crippen LogP contribution >= 0.6 is 11.3 Å². The van der Waals surface area contributed by atoms with E-state index in [1.165, 1.54) is 36.9 Å². The molecule has 0 atom stereocenters. The average molecular weight is 328 g/mol. The molecule has 2 heteroatoms. The van der Waals surface area contributed by atoms with Crippen LogP contribution in [0.15, 0.2) is 72.8 Å². The van der Waals surface area contributed by atoms with E-state index in [1.807, 2.05) is 11.3 Å². The first-order valence-corrected chi connectivity index (χ1v) is 9.02. The highest BCUT2D eigenvalue weighted by molar-refractivity contribution is 7.22. The molecular formula is C22H16OS. The zero-order chi connectivity index (χ0) is 15.9. The van der Waals surface area contributed by atoms with E-state index >= 15 is 0 Å². The van der Waals surface area contributed by atoms with E-state index in [0.29, 0.717) is 6.61 Å². The molecule has 0 unspecified atom stereocenters. The van der Waals surface area contributed by atoms with Gasteiger partial charge in [-0.25, -0.2) is 0 Å². The summed E-state index contributed by atoms with van der Waals surface area (Å²) in [4.78, 5) is 1.32. The van der Waals surface area contributed by atoms with E-state index in [2.05, 4.69) is 72.8 Å². The lowest BCUT2D eigenvalue weighted by Gasteiger charge is -2.11. The molecule has 0 amide bonds. The van der Waals surface area contributed by atoms with E-state index in [1.54, 1.807) is 0 Å². The zero-order valence-electron chi connectivity index (χ0n) is 13.2. The maximum atomic E-state index is 5.83. The Bertz CT molecular complexity index is 1050. The summed E-state index contributed by atoms with van der Waals surface area (Å²) in [5.74, 6) is 1.02. The molecule has 24 heavy (non-hydrogen) atoms. The second-order valence-corrected chi connectivity index (χ2v) is 7.20. The summed E-state index contributed by atoms with van der Waals surface area (Å²) in [5.41, 5.74) is 2.58. The van der Waals surface area contributed by atoms with Gasteiger partial charge in [0.1, 0.15) is 12.4 Å². The molecule has 0 spiro atoms. The summed E-state index contributed by atoms with van der Waals surface area (Å²) >= 11 is 1.86. The number of fused-ring (bicyclic) bond motifs is 4. The minimum Gasteiger partial charge on any atom is -0.489 e. The Morgan fingerprint density at radius 2 is 1.79 bits per heavy atom. The van der Waals surface area contributed by atoms with Crippen LogP contribution < -0.4 is 4.74 Å². The molecule has 1 nitrogen and oxygen atoms in total. The summed E-state index contributed by atoms with van der Waals surface area (Å²) in [7, 11) is 0. The molecular weight excluding hydrogens is 312 g/mol. The van der Waals surface area contributed by atoms with Gasteiger partial charge in [0.25, 0.3) is 0 Å². The monoisotopic (exact) mass is 328 g/mol. The topological polar surface area (TPSA) is 9.23 Å². The minimum atomic E-state index is 0.665. The third kappa shape index (κ3) is 2.22. The van der Waals surface area contributed by atoms with Crippen LogP contribution in [0.4, 0.5) is 0 Å². The highest BCUT2D eigenvalue weighted by Crippen LogP contribution is 2.37. The Morgan fingerprint density at radius 1 is 0.833 bits per heavy atom. The van der Waals surface area contributed by atoms with Gasteiger partial charge in [-0.2, -0.15) is 0 Å². The molecule has 1 aromatic heterocycles. The van der Waals surface area contributed by atoms with Gasteiger partial charge in [-0.3, -0.25) is 0 Å². The predicted molar refractivity (Wildman–Crippen MR) is 103 cm³/mol. The van der Waals surface area contributed by atoms with Crippen LogP contribution in [-0.2, 0) is 6.42 Å². The highest BCUT2D eigenvalue weighted by atomic mass is 32.1. The van der Waals surface area contributed by atoms with Gasteiger partial charge in [-0.15, -0.1) is 11.3 Å². The number of benzene rings is 3. The molecule has 0 bridgehead atoms. The third-order valence-electron chi connectivity index (χ3n) is 4.62. The SMILES string of the molecule is C1=CCc2c(ccc3cc(-c4cc5ccccc5s4)ccc23)OC1. The Hall–Kier alpha value is -2.58. The second-order valence-electron chi connectivity index (χ2n) is 6.11. The van der Waals surface area contributed by atoms with Crippen molar-refractivity contribution in [1.29, 1.82) is 0 Å². The molecule has 3 aromatic carbocycles. The molecule has 0 aliphatic carbocycles. The molecule has 0 N–H and O–H groups in total. The quantitative estimate of drug-likeness (QED) is 0.377. The molecule has 4 aromatic rings. The summed E-state index contributed by atoms with van der Waals surface area (Å²) in [6.45, 7) is 0.665. The van der Waals surface area contributed by atoms with Crippen LogP contribution in [0.25, 0.3) is 31.3 Å². The van der Waals surface area contributed by atoms with Gasteiger partial charge in [-0.05, 0) is 52.4 Å². The number of rotatable bonds is 1. The Morgan fingerprint density at radius 3 is 2.75 bits per heavy atom. The van der Waals surface area contributed by atoms with Crippen molar-refractivity contribution >= 4 is 32.2 Å².